The predicted molar refractivity (Wildman–Crippen MR) is 182 cm³/mol. The summed E-state index contributed by atoms with van der Waals surface area (Å²) in [7, 11) is 2.10. The number of likely N-dealkylation sites (N-methyl/N-ethyl adjacent to an activating group) is 1. The van der Waals surface area contributed by atoms with Gasteiger partial charge in [-0.1, -0.05) is 30.8 Å². The van der Waals surface area contributed by atoms with Crippen molar-refractivity contribution in [3.63, 3.8) is 0 Å². The number of anilines is 1. The van der Waals surface area contributed by atoms with Gasteiger partial charge in [0.1, 0.15) is 12.4 Å². The highest BCUT2D eigenvalue weighted by Crippen LogP contribution is 2.31. The number of rotatable bonds is 9. The summed E-state index contributed by atoms with van der Waals surface area (Å²) < 4.78 is 13.9. The molecule has 0 aliphatic carbocycles. The molecule has 0 bridgehead atoms. The number of piperazine rings is 1. The Bertz CT molecular complexity index is 1890. The third-order valence-corrected chi connectivity index (χ3v) is 9.15. The largest absolute Gasteiger partial charge is 0.461 e. The van der Waals surface area contributed by atoms with Crippen LogP contribution in [0.25, 0.3) is 16.4 Å². The second-order valence-corrected chi connectivity index (χ2v) is 13.6. The Morgan fingerprint density at radius 3 is 2.69 bits per heavy atom. The third-order valence-electron chi connectivity index (χ3n) is 9.15. The molecule has 48 heavy (non-hydrogen) atoms. The Morgan fingerprint density at radius 2 is 1.96 bits per heavy atom. The number of carbonyl (C=O) groups is 2. The Labute approximate surface area is 280 Å². The number of benzene rings is 2. The first kappa shape index (κ1) is 32.9. The average Bonchev–Trinajstić information content (AvgIpc) is 3.67. The Balaban J connectivity index is 1.39. The summed E-state index contributed by atoms with van der Waals surface area (Å²) in [5.41, 5.74) is 1.65. The predicted octanol–water partition coefficient (Wildman–Crippen LogP) is 4.41. The fraction of sp³-hybridized carbons (Fsp3) is 0.444. The summed E-state index contributed by atoms with van der Waals surface area (Å²) in [4.78, 5) is 41.1. The number of aromatic nitrogens is 4. The van der Waals surface area contributed by atoms with E-state index in [1.54, 1.807) is 15.6 Å². The molecule has 4 aromatic rings. The molecule has 2 atom stereocenters. The third kappa shape index (κ3) is 6.82. The van der Waals surface area contributed by atoms with Gasteiger partial charge in [-0.2, -0.15) is 10.2 Å². The van der Waals surface area contributed by atoms with Gasteiger partial charge in [0.15, 0.2) is 11.5 Å². The molecule has 1 amide bonds. The minimum atomic E-state index is -0.652. The van der Waals surface area contributed by atoms with E-state index in [4.69, 9.17) is 24.5 Å². The molecule has 250 valence electrons. The van der Waals surface area contributed by atoms with Crippen LogP contribution in [0.4, 0.5) is 5.82 Å². The minimum absolute atomic E-state index is 0.178. The lowest BCUT2D eigenvalue weighted by Crippen LogP contribution is -2.55. The summed E-state index contributed by atoms with van der Waals surface area (Å²) in [5, 5.41) is 16.4. The lowest BCUT2D eigenvalue weighted by molar-refractivity contribution is -0.143. The van der Waals surface area contributed by atoms with E-state index >= 15 is 0 Å². The first-order valence-corrected chi connectivity index (χ1v) is 16.4. The number of fused-ring (bicyclic) bond motifs is 2. The molecular weight excluding hydrogens is 608 g/mol. The Hall–Kier alpha value is -5.02. The summed E-state index contributed by atoms with van der Waals surface area (Å²) in [6.45, 7) is 11.9. The Kier molecular flexibility index (Phi) is 9.33. The number of likely N-dealkylation sites (tertiary alicyclic amines) is 1. The molecule has 0 saturated carbocycles. The van der Waals surface area contributed by atoms with Gasteiger partial charge >= 0.3 is 12.0 Å². The highest BCUT2D eigenvalue weighted by molar-refractivity contribution is 5.89. The topological polar surface area (TPSA) is 129 Å². The molecule has 2 aromatic carbocycles. The van der Waals surface area contributed by atoms with Gasteiger partial charge in [0.25, 0.3) is 0 Å². The van der Waals surface area contributed by atoms with Crippen molar-refractivity contribution >= 4 is 34.1 Å². The maximum Gasteiger partial charge on any atom is 0.336 e. The summed E-state index contributed by atoms with van der Waals surface area (Å²) in [6.07, 6.45) is 5.86. The van der Waals surface area contributed by atoms with Crippen LogP contribution in [0.5, 0.6) is 11.8 Å². The van der Waals surface area contributed by atoms with Crippen molar-refractivity contribution in [2.75, 3.05) is 44.7 Å². The van der Waals surface area contributed by atoms with Crippen LogP contribution < -0.4 is 14.4 Å². The summed E-state index contributed by atoms with van der Waals surface area (Å²) in [6, 6.07) is 14.2. The van der Waals surface area contributed by atoms with Gasteiger partial charge in [-0.05, 0) is 81.7 Å². The number of nitrogens with zero attached hydrogens (tertiary/aromatic N) is 8. The highest BCUT2D eigenvalue weighted by atomic mass is 16.5. The van der Waals surface area contributed by atoms with Crippen LogP contribution in [0.2, 0.25) is 0 Å². The molecule has 2 aromatic heterocycles. The second kappa shape index (κ2) is 13.6. The number of amides is 1. The van der Waals surface area contributed by atoms with E-state index in [1.807, 2.05) is 51.1 Å². The Morgan fingerprint density at radius 1 is 1.15 bits per heavy atom. The second-order valence-electron chi connectivity index (χ2n) is 13.6. The van der Waals surface area contributed by atoms with Gasteiger partial charge in [0, 0.05) is 32.1 Å². The first-order valence-electron chi connectivity index (χ1n) is 16.4. The maximum absolute atomic E-state index is 12.8. The molecule has 12 heteroatoms. The molecule has 2 aliphatic heterocycles. The molecule has 2 aliphatic rings. The molecule has 12 nitrogen and oxygen atoms in total. The zero-order chi connectivity index (χ0) is 34.0. The molecule has 2 saturated heterocycles. The normalized spacial score (nSPS) is 18.6. The fourth-order valence-electron chi connectivity index (χ4n) is 6.40. The van der Waals surface area contributed by atoms with Crippen molar-refractivity contribution in [3.8, 4) is 17.8 Å². The monoisotopic (exact) mass is 650 g/mol. The average molecular weight is 651 g/mol. The van der Waals surface area contributed by atoms with Gasteiger partial charge in [-0.3, -0.25) is 9.59 Å². The molecule has 0 unspecified atom stereocenters. The maximum atomic E-state index is 12.8. The van der Waals surface area contributed by atoms with Crippen LogP contribution in [-0.4, -0.2) is 93.2 Å². The van der Waals surface area contributed by atoms with E-state index in [-0.39, 0.29) is 36.4 Å². The molecule has 0 spiro atoms. The summed E-state index contributed by atoms with van der Waals surface area (Å²) >= 11 is 0. The van der Waals surface area contributed by atoms with E-state index in [0.29, 0.717) is 49.9 Å². The van der Waals surface area contributed by atoms with Crippen LogP contribution in [0.1, 0.15) is 51.3 Å². The van der Waals surface area contributed by atoms with Crippen molar-refractivity contribution in [2.45, 2.75) is 58.5 Å². The van der Waals surface area contributed by atoms with E-state index in [0.717, 1.165) is 41.4 Å². The lowest BCUT2D eigenvalue weighted by atomic mass is 9.97. The van der Waals surface area contributed by atoms with Crippen molar-refractivity contribution in [3.05, 3.63) is 66.5 Å². The quantitative estimate of drug-likeness (QED) is 0.146. The lowest BCUT2D eigenvalue weighted by Gasteiger charge is -2.40. The van der Waals surface area contributed by atoms with Crippen LogP contribution >= 0.6 is 0 Å². The zero-order valence-electron chi connectivity index (χ0n) is 28.1. The van der Waals surface area contributed by atoms with E-state index in [1.165, 1.54) is 6.08 Å². The van der Waals surface area contributed by atoms with Gasteiger partial charge in [-0.15, -0.1) is 5.10 Å². The molecule has 6 rings (SSSR count). The molecule has 2 fully saturated rings. The number of imidazole rings is 1. The van der Waals surface area contributed by atoms with Crippen molar-refractivity contribution < 1.29 is 19.1 Å². The van der Waals surface area contributed by atoms with Crippen LogP contribution in [0, 0.1) is 16.7 Å². The standard InChI is InChI=1S/C36H42N8O4/c1-6-31(45)43-17-16-42(22-26(43)13-14-37)33-32-38-21-28(44(32)40-35(39-33)47-23-27-11-9-15-41(27)5)18-25-20-29(48-34(46)36(2,3)4)19-24-10-7-8-12-30(24)25/h6-8,10,12,19-21,26-27H,1,9,11,13,15-18,22-23H2,2-5H3/t26-,27-/m0/s1. The number of carbonyl (C=O) groups excluding carboxylic acids is 2. The number of hydrogen-bond acceptors (Lipinski definition) is 10. The van der Waals surface area contributed by atoms with E-state index < -0.39 is 5.41 Å². The molecule has 4 heterocycles. The van der Waals surface area contributed by atoms with E-state index in [9.17, 15) is 14.9 Å². The van der Waals surface area contributed by atoms with Gasteiger partial charge in [0.2, 0.25) is 5.91 Å². The molecular formula is C36H42N8O4. The van der Waals surface area contributed by atoms with Gasteiger partial charge in [0.05, 0.1) is 35.8 Å². The highest BCUT2D eigenvalue weighted by Gasteiger charge is 2.32. The first-order chi connectivity index (χ1) is 23.0. The smallest absolute Gasteiger partial charge is 0.336 e. The van der Waals surface area contributed by atoms with Crippen LogP contribution in [-0.2, 0) is 16.0 Å². The number of esters is 1. The van der Waals surface area contributed by atoms with E-state index in [2.05, 4.69) is 35.6 Å². The van der Waals surface area contributed by atoms with Crippen molar-refractivity contribution in [2.24, 2.45) is 5.41 Å². The molecule has 0 N–H and O–H groups in total. The minimum Gasteiger partial charge on any atom is -0.461 e. The summed E-state index contributed by atoms with van der Waals surface area (Å²) in [5.74, 6) is 0.554. The number of ether oxygens (including phenoxy) is 2. The fourth-order valence-corrected chi connectivity index (χ4v) is 6.40. The molecule has 0 radical (unpaired) electrons. The van der Waals surface area contributed by atoms with Crippen molar-refractivity contribution in [1.82, 2.24) is 29.4 Å². The van der Waals surface area contributed by atoms with Gasteiger partial charge in [-0.25, -0.2) is 9.50 Å². The van der Waals surface area contributed by atoms with Crippen molar-refractivity contribution in [1.29, 1.82) is 5.26 Å². The van der Waals surface area contributed by atoms with Crippen LogP contribution in [0.15, 0.2) is 55.3 Å². The van der Waals surface area contributed by atoms with Crippen LogP contribution in [0.3, 0.4) is 0 Å². The van der Waals surface area contributed by atoms with Gasteiger partial charge < -0.3 is 24.2 Å². The zero-order valence-corrected chi connectivity index (χ0v) is 28.1. The SMILES string of the molecule is C=CC(=O)N1CCN(c2nc(OC[C@@H]3CCCN3C)nn3c(Cc4cc(OC(=O)C(C)(C)C)cc5ccccc45)cnc23)C[C@@H]1CC#N. The number of hydrogen-bond donors (Lipinski definition) is 0. The number of nitriles is 1.